The lowest BCUT2D eigenvalue weighted by atomic mass is 9.99. The van der Waals surface area contributed by atoms with Crippen molar-refractivity contribution in [2.45, 2.75) is 384 Å². The predicted molar refractivity (Wildman–Crippen MR) is 338 cm³/mol. The Morgan fingerprint density at radius 3 is 1.28 bits per heavy atom. The van der Waals surface area contributed by atoms with Gasteiger partial charge in [0.2, 0.25) is 5.91 Å². The molecule has 11 nitrogen and oxygen atoms in total. The first-order valence-electron chi connectivity index (χ1n) is 34.8. The Kier molecular flexibility index (Phi) is 55.3. The summed E-state index contributed by atoms with van der Waals surface area (Å²) in [5.41, 5.74) is 0. The topological polar surface area (TPSA) is 175 Å². The van der Waals surface area contributed by atoms with Crippen molar-refractivity contribution in [2.75, 3.05) is 13.2 Å². The molecule has 0 aromatic rings. The quantitative estimate of drug-likeness (QED) is 0.0195. The summed E-state index contributed by atoms with van der Waals surface area (Å²) >= 11 is 0. The van der Waals surface area contributed by atoms with Crippen molar-refractivity contribution in [1.29, 1.82) is 0 Å². The van der Waals surface area contributed by atoms with Gasteiger partial charge in [0.15, 0.2) is 12.4 Å². The lowest BCUT2D eigenvalue weighted by Crippen LogP contribution is -2.61. The monoisotopic (exact) mass is 1150 g/mol. The van der Waals surface area contributed by atoms with E-state index in [4.69, 9.17) is 14.2 Å². The molecule has 1 aliphatic rings. The first-order valence-corrected chi connectivity index (χ1v) is 34.8. The largest absolute Gasteiger partial charge is 0.454 e. The van der Waals surface area contributed by atoms with E-state index < -0.39 is 67.4 Å². The zero-order chi connectivity index (χ0) is 58.9. The van der Waals surface area contributed by atoms with Crippen molar-refractivity contribution in [1.82, 2.24) is 5.32 Å². The molecule has 8 atom stereocenters. The molecule has 0 aromatic heterocycles. The lowest BCUT2D eigenvalue weighted by Gasteiger charge is -2.41. The van der Waals surface area contributed by atoms with Crippen LogP contribution in [0.25, 0.3) is 0 Å². The maximum Gasteiger partial charge on any atom is 0.306 e. The number of carbonyl (C=O) groups is 2. The third-order valence-corrected chi connectivity index (χ3v) is 16.5. The van der Waals surface area contributed by atoms with Gasteiger partial charge >= 0.3 is 5.97 Å². The molecule has 476 valence electrons. The fourth-order valence-corrected chi connectivity index (χ4v) is 11.0. The van der Waals surface area contributed by atoms with Crippen LogP contribution in [0.15, 0.2) is 36.5 Å². The first-order chi connectivity index (χ1) is 39.7. The molecule has 0 spiro atoms. The highest BCUT2D eigenvalue weighted by Gasteiger charge is 2.47. The van der Waals surface area contributed by atoms with Crippen molar-refractivity contribution in [3.8, 4) is 0 Å². The molecule has 1 heterocycles. The van der Waals surface area contributed by atoms with E-state index in [1.165, 1.54) is 225 Å². The molecular weight excluding hydrogens is 1010 g/mol. The van der Waals surface area contributed by atoms with Crippen molar-refractivity contribution in [3.63, 3.8) is 0 Å². The summed E-state index contributed by atoms with van der Waals surface area (Å²) in [6, 6.07) is -1.02. The maximum absolute atomic E-state index is 13.5. The Labute approximate surface area is 498 Å². The van der Waals surface area contributed by atoms with E-state index in [-0.39, 0.29) is 13.0 Å². The number of ether oxygens (including phenoxy) is 3. The van der Waals surface area contributed by atoms with Crippen molar-refractivity contribution in [3.05, 3.63) is 36.5 Å². The van der Waals surface area contributed by atoms with Gasteiger partial charge in [0.05, 0.1) is 25.4 Å². The highest BCUT2D eigenvalue weighted by molar-refractivity contribution is 5.80. The van der Waals surface area contributed by atoms with Gasteiger partial charge in [0.1, 0.15) is 24.4 Å². The Balaban J connectivity index is 2.59. The van der Waals surface area contributed by atoms with Crippen LogP contribution in [0.2, 0.25) is 0 Å². The molecule has 1 saturated heterocycles. The molecule has 6 N–H and O–H groups in total. The molecule has 8 unspecified atom stereocenters. The highest BCUT2D eigenvalue weighted by Crippen LogP contribution is 2.26. The number of allylic oxidation sites excluding steroid dienone is 5. The Bertz CT molecular complexity index is 1460. The van der Waals surface area contributed by atoms with Gasteiger partial charge in [-0.3, -0.25) is 9.59 Å². The molecule has 1 rings (SSSR count). The van der Waals surface area contributed by atoms with Gasteiger partial charge in [-0.2, -0.15) is 0 Å². The van der Waals surface area contributed by atoms with Gasteiger partial charge in [-0.1, -0.05) is 308 Å². The number of hydrogen-bond donors (Lipinski definition) is 6. The van der Waals surface area contributed by atoms with Gasteiger partial charge in [-0.25, -0.2) is 0 Å². The third kappa shape index (κ3) is 45.9. The van der Waals surface area contributed by atoms with E-state index in [2.05, 4.69) is 50.4 Å². The third-order valence-electron chi connectivity index (χ3n) is 16.5. The van der Waals surface area contributed by atoms with Crippen LogP contribution in [-0.4, -0.2) is 99.6 Å². The summed E-state index contributed by atoms with van der Waals surface area (Å²) in [6.07, 6.45) is 60.4. The van der Waals surface area contributed by atoms with Crippen molar-refractivity contribution in [2.24, 2.45) is 0 Å². The van der Waals surface area contributed by atoms with Crippen LogP contribution < -0.4 is 5.32 Å². The average Bonchev–Trinajstić information content (AvgIpc) is 3.46. The number of esters is 1. The van der Waals surface area contributed by atoms with E-state index in [1.54, 1.807) is 6.08 Å². The minimum atomic E-state index is -1.61. The number of rotatable bonds is 60. The van der Waals surface area contributed by atoms with Crippen LogP contribution in [-0.2, 0) is 23.8 Å². The Hall–Kier alpha value is -2.12. The lowest BCUT2D eigenvalue weighted by molar-refractivity contribution is -0.305. The van der Waals surface area contributed by atoms with Gasteiger partial charge in [0, 0.05) is 6.42 Å². The molecule has 1 amide bonds. The molecule has 0 aliphatic carbocycles. The second-order valence-corrected chi connectivity index (χ2v) is 24.3. The second kappa shape index (κ2) is 58.3. The van der Waals surface area contributed by atoms with Crippen LogP contribution >= 0.6 is 0 Å². The second-order valence-electron chi connectivity index (χ2n) is 24.3. The normalized spacial score (nSPS) is 18.8. The van der Waals surface area contributed by atoms with Gasteiger partial charge in [0.25, 0.3) is 0 Å². The number of nitrogens with one attached hydrogen (secondary N) is 1. The van der Waals surface area contributed by atoms with Crippen LogP contribution in [0.3, 0.4) is 0 Å². The smallest absolute Gasteiger partial charge is 0.306 e. The number of unbranched alkanes of at least 4 members (excludes halogenated alkanes) is 42. The van der Waals surface area contributed by atoms with Crippen molar-refractivity contribution < 1.29 is 49.3 Å². The number of hydrogen-bond acceptors (Lipinski definition) is 10. The Morgan fingerprint density at radius 1 is 0.481 bits per heavy atom. The summed E-state index contributed by atoms with van der Waals surface area (Å²) in [4.78, 5) is 26.6. The SMILES string of the molecule is CCCCC/C=C\C/C=C\CCCCCCCCCCCCCCCCC(O)C(=O)NC(COC1OC(CO)C(O)C(O)C1OC(=O)CCCCCCCCCCCCCCCCC)C(O)/C=C/CCCCCCCCCCCCC. The van der Waals surface area contributed by atoms with E-state index in [0.717, 1.165) is 64.2 Å². The number of amides is 1. The maximum atomic E-state index is 13.5. The van der Waals surface area contributed by atoms with E-state index in [0.29, 0.717) is 19.3 Å². The molecule has 0 aromatic carbocycles. The Morgan fingerprint density at radius 2 is 0.852 bits per heavy atom. The van der Waals surface area contributed by atoms with E-state index in [1.807, 2.05) is 6.08 Å². The fraction of sp³-hybridized carbons (Fsp3) is 0.886. The van der Waals surface area contributed by atoms with Gasteiger partial charge in [-0.05, 0) is 57.8 Å². The van der Waals surface area contributed by atoms with E-state index in [9.17, 15) is 35.1 Å². The summed E-state index contributed by atoms with van der Waals surface area (Å²) in [5, 5.41) is 57.2. The molecule has 1 aliphatic heterocycles. The summed E-state index contributed by atoms with van der Waals surface area (Å²) in [7, 11) is 0. The number of aliphatic hydroxyl groups excluding tert-OH is 5. The van der Waals surface area contributed by atoms with Crippen LogP contribution in [0.4, 0.5) is 0 Å². The molecule has 0 bridgehead atoms. The molecule has 1 fully saturated rings. The minimum absolute atomic E-state index is 0.129. The summed E-state index contributed by atoms with van der Waals surface area (Å²) < 4.78 is 17.7. The molecular formula is C70H131NO10. The fourth-order valence-electron chi connectivity index (χ4n) is 11.0. The zero-order valence-electron chi connectivity index (χ0n) is 52.9. The first kappa shape index (κ1) is 76.9. The van der Waals surface area contributed by atoms with Crippen molar-refractivity contribution >= 4 is 11.9 Å². The zero-order valence-corrected chi connectivity index (χ0v) is 52.9. The van der Waals surface area contributed by atoms with Crippen LogP contribution in [0, 0.1) is 0 Å². The van der Waals surface area contributed by atoms with Gasteiger partial charge < -0.3 is 45.1 Å². The molecule has 0 saturated carbocycles. The minimum Gasteiger partial charge on any atom is -0.454 e. The molecule has 0 radical (unpaired) electrons. The molecule has 81 heavy (non-hydrogen) atoms. The molecule has 11 heteroatoms. The number of aliphatic hydroxyl groups is 5. The highest BCUT2D eigenvalue weighted by atomic mass is 16.7. The van der Waals surface area contributed by atoms with Gasteiger partial charge in [-0.15, -0.1) is 0 Å². The summed E-state index contributed by atoms with van der Waals surface area (Å²) in [6.45, 7) is 5.81. The number of carbonyl (C=O) groups excluding carboxylic acids is 2. The van der Waals surface area contributed by atoms with Crippen LogP contribution in [0.5, 0.6) is 0 Å². The van der Waals surface area contributed by atoms with Crippen LogP contribution in [0.1, 0.15) is 335 Å². The standard InChI is InChI=1S/C70H131NO10/c1-4-7-10-13-16-19-22-25-27-28-29-30-31-32-33-34-35-37-39-42-45-48-51-54-57-63(74)69(78)71-61(62(73)56-53-50-47-44-41-38-24-21-18-15-12-9-6-3)60-79-70-68(67(77)66(76)64(59-72)80-70)81-65(75)58-55-52-49-46-43-40-36-26-23-20-17-14-11-8-5-2/h16,19,25,27,53,56,61-64,66-68,70,72-74,76-77H,4-15,17-18,20-24,26,28-52,54-55,57-60H2,1-3H3,(H,71,78)/b19-16-,27-25-,56-53+. The average molecular weight is 1150 g/mol. The predicted octanol–water partition coefficient (Wildman–Crippen LogP) is 17.4. The van der Waals surface area contributed by atoms with E-state index >= 15 is 0 Å². The summed E-state index contributed by atoms with van der Waals surface area (Å²) in [5.74, 6) is -1.18.